The zero-order valence-corrected chi connectivity index (χ0v) is 14.3. The Morgan fingerprint density at radius 1 is 1.21 bits per heavy atom. The first-order chi connectivity index (χ1) is 13.2. The summed E-state index contributed by atoms with van der Waals surface area (Å²) in [5.74, 6) is -1.03. The van der Waals surface area contributed by atoms with Crippen LogP contribution in [-0.2, 0) is 12.7 Å². The summed E-state index contributed by atoms with van der Waals surface area (Å²) in [5, 5.41) is 7.30. The largest absolute Gasteiger partial charge is 0.421 e. The average Bonchev–Trinajstić information content (AvgIpc) is 3.36. The highest BCUT2D eigenvalue weighted by atomic mass is 19.4. The van der Waals surface area contributed by atoms with Crippen LogP contribution in [0.5, 0.6) is 0 Å². The van der Waals surface area contributed by atoms with Crippen molar-refractivity contribution in [3.05, 3.63) is 35.7 Å². The van der Waals surface area contributed by atoms with E-state index in [9.17, 15) is 22.0 Å². The molecule has 0 atom stereocenters. The van der Waals surface area contributed by atoms with Gasteiger partial charge in [0.1, 0.15) is 17.9 Å². The van der Waals surface area contributed by atoms with Crippen LogP contribution in [0.1, 0.15) is 30.0 Å². The predicted octanol–water partition coefficient (Wildman–Crippen LogP) is 4.31. The molecule has 0 unspecified atom stereocenters. The molecule has 28 heavy (non-hydrogen) atoms. The number of nitrogens with two attached hydrogens (primary N) is 1. The van der Waals surface area contributed by atoms with Crippen molar-refractivity contribution in [2.24, 2.45) is 0 Å². The van der Waals surface area contributed by atoms with Crippen LogP contribution in [-0.4, -0.2) is 26.2 Å². The molecule has 2 heterocycles. The molecule has 148 valence electrons. The van der Waals surface area contributed by atoms with Gasteiger partial charge in [-0.25, -0.2) is 13.8 Å². The molecule has 11 heteroatoms. The lowest BCUT2D eigenvalue weighted by Gasteiger charge is -2.16. The lowest BCUT2D eigenvalue weighted by Crippen LogP contribution is -2.16. The second kappa shape index (κ2) is 6.57. The minimum absolute atomic E-state index is 0.0819. The van der Waals surface area contributed by atoms with Crippen LogP contribution in [0.3, 0.4) is 0 Å². The summed E-state index contributed by atoms with van der Waals surface area (Å²) >= 11 is 0. The van der Waals surface area contributed by atoms with Crippen molar-refractivity contribution < 1.29 is 22.0 Å². The standard InChI is InChI=1S/C17H15F5N6/c18-12(19)7-28-11-3-1-2-10(9(11)6-24-28)25-16-26-14(8-4-5-8)13(15(23)27-16)17(20,21)22/h1-3,6,8,12H,4-5,7H2,(H3,23,25,26,27). The highest BCUT2D eigenvalue weighted by Crippen LogP contribution is 2.47. The molecule has 0 saturated heterocycles. The van der Waals surface area contributed by atoms with Crippen LogP contribution in [0.4, 0.5) is 39.4 Å². The fourth-order valence-corrected chi connectivity index (χ4v) is 3.10. The molecule has 0 amide bonds. The Morgan fingerprint density at radius 3 is 2.61 bits per heavy atom. The molecule has 2 aromatic heterocycles. The number of alkyl halides is 5. The zero-order valence-electron chi connectivity index (χ0n) is 14.3. The van der Waals surface area contributed by atoms with Crippen molar-refractivity contribution in [3.63, 3.8) is 0 Å². The topological polar surface area (TPSA) is 81.6 Å². The number of nitrogens with zero attached hydrogens (tertiary/aromatic N) is 4. The molecule has 1 aliphatic carbocycles. The molecular weight excluding hydrogens is 383 g/mol. The normalized spacial score (nSPS) is 14.8. The number of nitrogens with one attached hydrogen (secondary N) is 1. The maximum Gasteiger partial charge on any atom is 0.421 e. The van der Waals surface area contributed by atoms with E-state index in [0.717, 1.165) is 4.68 Å². The van der Waals surface area contributed by atoms with Gasteiger partial charge < -0.3 is 11.1 Å². The molecule has 1 saturated carbocycles. The molecule has 0 aliphatic heterocycles. The minimum atomic E-state index is -4.64. The Balaban J connectivity index is 1.73. The maximum absolute atomic E-state index is 13.3. The van der Waals surface area contributed by atoms with Crippen LogP contribution in [0.25, 0.3) is 10.9 Å². The second-order valence-electron chi connectivity index (χ2n) is 6.55. The molecule has 0 radical (unpaired) electrons. The SMILES string of the molecule is Nc1nc(Nc2cccc3c2cnn3CC(F)F)nc(C2CC2)c1C(F)(F)F. The number of benzene rings is 1. The summed E-state index contributed by atoms with van der Waals surface area (Å²) in [7, 11) is 0. The van der Waals surface area contributed by atoms with Crippen molar-refractivity contribution >= 4 is 28.4 Å². The maximum atomic E-state index is 13.3. The van der Waals surface area contributed by atoms with Gasteiger partial charge in [0, 0.05) is 11.3 Å². The summed E-state index contributed by atoms with van der Waals surface area (Å²) in [6, 6.07) is 4.86. The van der Waals surface area contributed by atoms with Gasteiger partial charge >= 0.3 is 6.18 Å². The molecule has 1 aliphatic rings. The summed E-state index contributed by atoms with van der Waals surface area (Å²) < 4.78 is 66.5. The fraction of sp³-hybridized carbons (Fsp3) is 0.353. The van der Waals surface area contributed by atoms with Crippen molar-refractivity contribution in [1.82, 2.24) is 19.7 Å². The van der Waals surface area contributed by atoms with E-state index < -0.39 is 30.5 Å². The van der Waals surface area contributed by atoms with Gasteiger partial charge in [0.05, 0.1) is 23.1 Å². The molecule has 1 fully saturated rings. The first kappa shape index (κ1) is 18.4. The first-order valence-corrected chi connectivity index (χ1v) is 8.48. The van der Waals surface area contributed by atoms with Gasteiger partial charge in [-0.3, -0.25) is 4.68 Å². The van der Waals surface area contributed by atoms with E-state index in [2.05, 4.69) is 20.4 Å². The van der Waals surface area contributed by atoms with Gasteiger partial charge in [-0.2, -0.15) is 23.3 Å². The molecule has 0 spiro atoms. The minimum Gasteiger partial charge on any atom is -0.383 e. The Bertz CT molecular complexity index is 1020. The Morgan fingerprint density at radius 2 is 1.96 bits per heavy atom. The fourth-order valence-electron chi connectivity index (χ4n) is 3.10. The highest BCUT2D eigenvalue weighted by molar-refractivity contribution is 5.92. The molecule has 1 aromatic carbocycles. The first-order valence-electron chi connectivity index (χ1n) is 8.48. The van der Waals surface area contributed by atoms with Crippen LogP contribution >= 0.6 is 0 Å². The van der Waals surface area contributed by atoms with E-state index in [4.69, 9.17) is 5.73 Å². The Labute approximate surface area is 155 Å². The zero-order chi connectivity index (χ0) is 20.1. The van der Waals surface area contributed by atoms with E-state index in [1.807, 2.05) is 0 Å². The number of fused-ring (bicyclic) bond motifs is 1. The number of hydrogen-bond acceptors (Lipinski definition) is 5. The van der Waals surface area contributed by atoms with Crippen LogP contribution < -0.4 is 11.1 Å². The quantitative estimate of drug-likeness (QED) is 0.626. The van der Waals surface area contributed by atoms with E-state index in [0.29, 0.717) is 29.4 Å². The third kappa shape index (κ3) is 3.43. The van der Waals surface area contributed by atoms with Gasteiger partial charge in [-0.05, 0) is 25.0 Å². The lowest BCUT2D eigenvalue weighted by atomic mass is 10.1. The summed E-state index contributed by atoms with van der Waals surface area (Å²) in [5.41, 5.74) is 5.35. The monoisotopic (exact) mass is 398 g/mol. The van der Waals surface area contributed by atoms with Crippen LogP contribution in [0, 0.1) is 0 Å². The molecule has 3 N–H and O–H groups in total. The molecule has 4 rings (SSSR count). The predicted molar refractivity (Wildman–Crippen MR) is 92.4 cm³/mol. The van der Waals surface area contributed by atoms with Crippen molar-refractivity contribution in [1.29, 1.82) is 0 Å². The number of anilines is 3. The number of nitrogen functional groups attached to an aromatic ring is 1. The van der Waals surface area contributed by atoms with Gasteiger partial charge in [0.15, 0.2) is 0 Å². The Hall–Kier alpha value is -2.98. The van der Waals surface area contributed by atoms with Crippen molar-refractivity contribution in [3.8, 4) is 0 Å². The van der Waals surface area contributed by atoms with Gasteiger partial charge in [0.2, 0.25) is 5.95 Å². The summed E-state index contributed by atoms with van der Waals surface area (Å²) in [4.78, 5) is 7.81. The Kier molecular flexibility index (Phi) is 4.31. The third-order valence-electron chi connectivity index (χ3n) is 4.46. The van der Waals surface area contributed by atoms with Gasteiger partial charge in [0.25, 0.3) is 6.43 Å². The van der Waals surface area contributed by atoms with Crippen molar-refractivity contribution in [2.75, 3.05) is 11.1 Å². The van der Waals surface area contributed by atoms with E-state index in [-0.39, 0.29) is 17.6 Å². The molecule has 6 nitrogen and oxygen atoms in total. The third-order valence-corrected chi connectivity index (χ3v) is 4.46. The van der Waals surface area contributed by atoms with Gasteiger partial charge in [-0.15, -0.1) is 0 Å². The van der Waals surface area contributed by atoms with Crippen LogP contribution in [0.15, 0.2) is 24.4 Å². The summed E-state index contributed by atoms with van der Waals surface area (Å²) in [6.07, 6.45) is -4.60. The van der Waals surface area contributed by atoms with Crippen molar-refractivity contribution in [2.45, 2.75) is 37.9 Å². The number of halogens is 5. The molecule has 0 bridgehead atoms. The molecule has 3 aromatic rings. The number of hydrogen-bond donors (Lipinski definition) is 2. The van der Waals surface area contributed by atoms with E-state index >= 15 is 0 Å². The highest BCUT2D eigenvalue weighted by Gasteiger charge is 2.42. The average molecular weight is 398 g/mol. The molecular formula is C17H15F5N6. The second-order valence-corrected chi connectivity index (χ2v) is 6.55. The lowest BCUT2D eigenvalue weighted by molar-refractivity contribution is -0.138. The summed E-state index contributed by atoms with van der Waals surface area (Å²) in [6.45, 7) is -0.567. The number of aromatic nitrogens is 4. The smallest absolute Gasteiger partial charge is 0.383 e. The van der Waals surface area contributed by atoms with Crippen LogP contribution in [0.2, 0.25) is 0 Å². The van der Waals surface area contributed by atoms with Gasteiger partial charge in [-0.1, -0.05) is 6.07 Å². The number of rotatable bonds is 5. The van der Waals surface area contributed by atoms with E-state index in [1.165, 1.54) is 6.20 Å². The van der Waals surface area contributed by atoms with E-state index in [1.54, 1.807) is 18.2 Å².